The maximum atomic E-state index is 4.41. The Morgan fingerprint density at radius 2 is 1.87 bits per heavy atom. The second-order valence-electron chi connectivity index (χ2n) is 3.29. The predicted molar refractivity (Wildman–Crippen MR) is 67.2 cm³/mol. The summed E-state index contributed by atoms with van der Waals surface area (Å²) in [7, 11) is 0. The first-order chi connectivity index (χ1) is 7.33. The highest BCUT2D eigenvalue weighted by molar-refractivity contribution is 5.82. The third-order valence-electron chi connectivity index (χ3n) is 2.47. The molecule has 0 N–H and O–H groups in total. The molecule has 1 heterocycles. The molecule has 2 rings (SSSR count). The predicted octanol–water partition coefficient (Wildman–Crippen LogP) is 4.13. The molecule has 0 radical (unpaired) electrons. The van der Waals surface area contributed by atoms with Gasteiger partial charge in [-0.15, -0.1) is 0 Å². The van der Waals surface area contributed by atoms with Crippen LogP contribution < -0.4 is 0 Å². The molecule has 0 aliphatic carbocycles. The Morgan fingerprint density at radius 1 is 1.13 bits per heavy atom. The summed E-state index contributed by atoms with van der Waals surface area (Å²) in [4.78, 5) is 4.41. The van der Waals surface area contributed by atoms with E-state index in [1.807, 2.05) is 26.1 Å². The normalized spacial score (nSPS) is 9.60. The SMILES string of the molecule is CC.CCc1c(C)ccc2cccnc12. The summed E-state index contributed by atoms with van der Waals surface area (Å²) in [5.41, 5.74) is 3.87. The first-order valence-corrected chi connectivity index (χ1v) is 5.66. The molecule has 1 heteroatoms. The molecular formula is C14H19N. The number of fused-ring (bicyclic) bond motifs is 1. The van der Waals surface area contributed by atoms with Crippen molar-refractivity contribution in [1.29, 1.82) is 0 Å². The average Bonchev–Trinajstić information content (AvgIpc) is 2.32. The standard InChI is InChI=1S/C12H13N.C2H6/c1-3-11-9(2)6-7-10-5-4-8-13-12(10)11;1-2/h4-8H,3H2,1-2H3;1-2H3. The van der Waals surface area contributed by atoms with Gasteiger partial charge in [-0.1, -0.05) is 39.0 Å². The number of nitrogens with zero attached hydrogens (tertiary/aromatic N) is 1. The van der Waals surface area contributed by atoms with Crippen molar-refractivity contribution < 1.29 is 0 Å². The lowest BCUT2D eigenvalue weighted by molar-refractivity contribution is 1.12. The van der Waals surface area contributed by atoms with Gasteiger partial charge >= 0.3 is 0 Å². The van der Waals surface area contributed by atoms with Gasteiger partial charge in [-0.25, -0.2) is 0 Å². The average molecular weight is 201 g/mol. The van der Waals surface area contributed by atoms with Crippen LogP contribution in [0.1, 0.15) is 31.9 Å². The minimum absolute atomic E-state index is 1.06. The van der Waals surface area contributed by atoms with Gasteiger partial charge in [0.15, 0.2) is 0 Å². The van der Waals surface area contributed by atoms with Crippen LogP contribution >= 0.6 is 0 Å². The Balaban J connectivity index is 0.000000531. The number of aromatic nitrogens is 1. The molecule has 2 aromatic rings. The lowest BCUT2D eigenvalue weighted by Gasteiger charge is -2.06. The molecule has 0 saturated carbocycles. The van der Waals surface area contributed by atoms with Crippen molar-refractivity contribution in [2.75, 3.05) is 0 Å². The van der Waals surface area contributed by atoms with E-state index in [1.54, 1.807) is 0 Å². The summed E-state index contributed by atoms with van der Waals surface area (Å²) < 4.78 is 0. The van der Waals surface area contributed by atoms with Crippen molar-refractivity contribution in [2.45, 2.75) is 34.1 Å². The van der Waals surface area contributed by atoms with E-state index in [0.29, 0.717) is 0 Å². The number of rotatable bonds is 1. The molecule has 1 aromatic carbocycles. The zero-order valence-electron chi connectivity index (χ0n) is 10.0. The van der Waals surface area contributed by atoms with Crippen LogP contribution in [0, 0.1) is 6.92 Å². The highest BCUT2D eigenvalue weighted by Crippen LogP contribution is 2.19. The number of pyridine rings is 1. The van der Waals surface area contributed by atoms with Crippen LogP contribution in [0.25, 0.3) is 10.9 Å². The van der Waals surface area contributed by atoms with Crippen LogP contribution in [0.15, 0.2) is 30.5 Å². The second kappa shape index (κ2) is 5.50. The fraction of sp³-hybridized carbons (Fsp3) is 0.357. The lowest BCUT2D eigenvalue weighted by atomic mass is 10.0. The maximum absolute atomic E-state index is 4.41. The minimum atomic E-state index is 1.06. The van der Waals surface area contributed by atoms with E-state index in [2.05, 4.69) is 37.0 Å². The smallest absolute Gasteiger partial charge is 0.0736 e. The van der Waals surface area contributed by atoms with E-state index in [0.717, 1.165) is 11.9 Å². The van der Waals surface area contributed by atoms with E-state index in [-0.39, 0.29) is 0 Å². The third kappa shape index (κ3) is 2.35. The second-order valence-corrected chi connectivity index (χ2v) is 3.29. The quantitative estimate of drug-likeness (QED) is 0.676. The molecule has 15 heavy (non-hydrogen) atoms. The molecule has 1 aromatic heterocycles. The van der Waals surface area contributed by atoms with E-state index in [9.17, 15) is 0 Å². The molecule has 0 aliphatic heterocycles. The fourth-order valence-electron chi connectivity index (χ4n) is 1.75. The Hall–Kier alpha value is -1.37. The van der Waals surface area contributed by atoms with E-state index in [1.165, 1.54) is 16.5 Å². The van der Waals surface area contributed by atoms with Gasteiger partial charge in [0, 0.05) is 11.6 Å². The van der Waals surface area contributed by atoms with Crippen LogP contribution in [0.5, 0.6) is 0 Å². The fourth-order valence-corrected chi connectivity index (χ4v) is 1.75. The Kier molecular flexibility index (Phi) is 4.29. The van der Waals surface area contributed by atoms with Crippen LogP contribution in [-0.2, 0) is 6.42 Å². The topological polar surface area (TPSA) is 12.9 Å². The molecule has 0 saturated heterocycles. The number of hydrogen-bond acceptors (Lipinski definition) is 1. The first-order valence-electron chi connectivity index (χ1n) is 5.66. The zero-order valence-corrected chi connectivity index (χ0v) is 10.0. The summed E-state index contributed by atoms with van der Waals surface area (Å²) in [6.07, 6.45) is 2.92. The van der Waals surface area contributed by atoms with Gasteiger partial charge in [-0.2, -0.15) is 0 Å². The van der Waals surface area contributed by atoms with Crippen molar-refractivity contribution in [3.63, 3.8) is 0 Å². The van der Waals surface area contributed by atoms with Gasteiger partial charge in [0.2, 0.25) is 0 Å². The maximum Gasteiger partial charge on any atom is 0.0736 e. The summed E-state index contributed by atoms with van der Waals surface area (Å²) in [6.45, 7) is 8.32. The Labute approximate surface area is 92.2 Å². The molecule has 0 bridgehead atoms. The van der Waals surface area contributed by atoms with Crippen LogP contribution in [0.2, 0.25) is 0 Å². The van der Waals surface area contributed by atoms with E-state index in [4.69, 9.17) is 0 Å². The minimum Gasteiger partial charge on any atom is -0.256 e. The van der Waals surface area contributed by atoms with Crippen molar-refractivity contribution in [3.05, 3.63) is 41.6 Å². The summed E-state index contributed by atoms with van der Waals surface area (Å²) in [5.74, 6) is 0. The summed E-state index contributed by atoms with van der Waals surface area (Å²) >= 11 is 0. The monoisotopic (exact) mass is 201 g/mol. The molecule has 1 nitrogen and oxygen atoms in total. The lowest BCUT2D eigenvalue weighted by Crippen LogP contribution is -1.90. The summed E-state index contributed by atoms with van der Waals surface area (Å²) in [5, 5.41) is 1.24. The molecule has 0 aliphatic rings. The molecule has 0 atom stereocenters. The number of benzene rings is 1. The van der Waals surface area contributed by atoms with Gasteiger partial charge in [0.05, 0.1) is 5.52 Å². The highest BCUT2D eigenvalue weighted by Gasteiger charge is 2.02. The summed E-state index contributed by atoms with van der Waals surface area (Å²) in [6, 6.07) is 8.40. The van der Waals surface area contributed by atoms with E-state index < -0.39 is 0 Å². The third-order valence-corrected chi connectivity index (χ3v) is 2.47. The highest BCUT2D eigenvalue weighted by atomic mass is 14.6. The van der Waals surface area contributed by atoms with E-state index >= 15 is 0 Å². The number of aryl methyl sites for hydroxylation is 2. The largest absolute Gasteiger partial charge is 0.256 e. The van der Waals surface area contributed by atoms with Gasteiger partial charge in [0.25, 0.3) is 0 Å². The van der Waals surface area contributed by atoms with Gasteiger partial charge in [-0.05, 0) is 30.5 Å². The molecule has 0 spiro atoms. The van der Waals surface area contributed by atoms with Gasteiger partial charge in [-0.3, -0.25) is 4.98 Å². The Bertz CT molecular complexity index is 432. The van der Waals surface area contributed by atoms with Crippen molar-refractivity contribution in [3.8, 4) is 0 Å². The van der Waals surface area contributed by atoms with Crippen molar-refractivity contribution in [1.82, 2.24) is 4.98 Å². The van der Waals surface area contributed by atoms with Crippen LogP contribution in [-0.4, -0.2) is 4.98 Å². The first kappa shape index (κ1) is 11.7. The van der Waals surface area contributed by atoms with Gasteiger partial charge in [0.1, 0.15) is 0 Å². The molecule has 80 valence electrons. The molecule has 0 fully saturated rings. The van der Waals surface area contributed by atoms with Gasteiger partial charge < -0.3 is 0 Å². The zero-order chi connectivity index (χ0) is 11.3. The van der Waals surface area contributed by atoms with Crippen molar-refractivity contribution in [2.24, 2.45) is 0 Å². The van der Waals surface area contributed by atoms with Crippen LogP contribution in [0.4, 0.5) is 0 Å². The van der Waals surface area contributed by atoms with Crippen LogP contribution in [0.3, 0.4) is 0 Å². The molecular weight excluding hydrogens is 182 g/mol. The Morgan fingerprint density at radius 3 is 2.53 bits per heavy atom. The van der Waals surface area contributed by atoms with Crippen molar-refractivity contribution >= 4 is 10.9 Å². The molecule has 0 amide bonds. The number of hydrogen-bond donors (Lipinski definition) is 0. The molecule has 0 unspecified atom stereocenters.